The van der Waals surface area contributed by atoms with Crippen LogP contribution in [0.25, 0.3) is 11.5 Å². The molecule has 0 atom stereocenters. The van der Waals surface area contributed by atoms with Gasteiger partial charge in [-0.15, -0.1) is 10.2 Å². The van der Waals surface area contributed by atoms with Crippen molar-refractivity contribution in [2.24, 2.45) is 0 Å². The average molecular weight is 442 g/mol. The zero-order chi connectivity index (χ0) is 21.0. The molecule has 0 saturated heterocycles. The standard InChI is InChI=1S/C18H15ClF3N5OS/c1-2-27-16(13-5-3-4-8-23-13)25-26-17(27)29-10-15(28)24-14-9-11(18(20,21)22)6-7-12(14)19/h3-9H,2,10H2,1H3,(H,24,28). The van der Waals surface area contributed by atoms with Gasteiger partial charge in [-0.2, -0.15) is 13.2 Å². The van der Waals surface area contributed by atoms with Gasteiger partial charge in [0.05, 0.1) is 22.0 Å². The second kappa shape index (κ2) is 8.83. The summed E-state index contributed by atoms with van der Waals surface area (Å²) in [5.74, 6) is -0.0226. The maximum absolute atomic E-state index is 12.8. The summed E-state index contributed by atoms with van der Waals surface area (Å²) in [5.41, 5.74) is -0.345. The van der Waals surface area contributed by atoms with Crippen LogP contribution in [-0.4, -0.2) is 31.4 Å². The normalized spacial score (nSPS) is 11.5. The summed E-state index contributed by atoms with van der Waals surface area (Å²) in [7, 11) is 0. The lowest BCUT2D eigenvalue weighted by Gasteiger charge is -2.11. The Hall–Kier alpha value is -2.59. The Morgan fingerprint density at radius 1 is 1.24 bits per heavy atom. The second-order valence-corrected chi connectivity index (χ2v) is 7.14. The van der Waals surface area contributed by atoms with E-state index < -0.39 is 17.6 Å². The molecule has 0 aliphatic rings. The predicted molar refractivity (Wildman–Crippen MR) is 105 cm³/mol. The predicted octanol–water partition coefficient (Wildman–Crippen LogP) is 4.76. The molecule has 0 aliphatic carbocycles. The van der Waals surface area contributed by atoms with E-state index in [9.17, 15) is 18.0 Å². The fourth-order valence-electron chi connectivity index (χ4n) is 2.48. The molecule has 152 valence electrons. The fraction of sp³-hybridized carbons (Fsp3) is 0.222. The van der Waals surface area contributed by atoms with E-state index in [2.05, 4.69) is 20.5 Å². The molecule has 0 spiro atoms. The molecule has 0 aliphatic heterocycles. The lowest BCUT2D eigenvalue weighted by Crippen LogP contribution is -2.16. The minimum absolute atomic E-state index is 0.0190. The Bertz CT molecular complexity index is 1010. The SMILES string of the molecule is CCn1c(SCC(=O)Nc2cc(C(F)(F)F)ccc2Cl)nnc1-c1ccccn1. The summed E-state index contributed by atoms with van der Waals surface area (Å²) in [6.07, 6.45) is -2.89. The molecule has 1 N–H and O–H groups in total. The van der Waals surface area contributed by atoms with Gasteiger partial charge in [0.25, 0.3) is 0 Å². The van der Waals surface area contributed by atoms with Crippen LogP contribution in [0, 0.1) is 0 Å². The van der Waals surface area contributed by atoms with Gasteiger partial charge >= 0.3 is 6.18 Å². The van der Waals surface area contributed by atoms with Crippen LogP contribution in [-0.2, 0) is 17.5 Å². The molecular weight excluding hydrogens is 427 g/mol. The summed E-state index contributed by atoms with van der Waals surface area (Å²) in [4.78, 5) is 16.5. The maximum atomic E-state index is 12.8. The highest BCUT2D eigenvalue weighted by Gasteiger charge is 2.31. The summed E-state index contributed by atoms with van der Waals surface area (Å²) < 4.78 is 40.4. The molecule has 0 radical (unpaired) electrons. The highest BCUT2D eigenvalue weighted by Crippen LogP contribution is 2.34. The van der Waals surface area contributed by atoms with Gasteiger partial charge in [0.2, 0.25) is 5.91 Å². The van der Waals surface area contributed by atoms with E-state index in [-0.39, 0.29) is 16.5 Å². The Balaban J connectivity index is 1.70. The number of amides is 1. The van der Waals surface area contributed by atoms with Crippen molar-refractivity contribution in [2.45, 2.75) is 24.8 Å². The lowest BCUT2D eigenvalue weighted by molar-refractivity contribution is -0.137. The molecule has 29 heavy (non-hydrogen) atoms. The first-order chi connectivity index (χ1) is 13.8. The third-order valence-electron chi connectivity index (χ3n) is 3.83. The number of benzene rings is 1. The monoisotopic (exact) mass is 441 g/mol. The number of rotatable bonds is 6. The van der Waals surface area contributed by atoms with E-state index in [0.717, 1.165) is 30.0 Å². The van der Waals surface area contributed by atoms with Gasteiger partial charge in [-0.25, -0.2) is 0 Å². The Morgan fingerprint density at radius 3 is 2.69 bits per heavy atom. The average Bonchev–Trinajstić information content (AvgIpc) is 3.11. The number of nitrogens with zero attached hydrogens (tertiary/aromatic N) is 4. The number of alkyl halides is 3. The summed E-state index contributed by atoms with van der Waals surface area (Å²) in [5, 5.41) is 11.1. The van der Waals surface area contributed by atoms with Crippen LogP contribution in [0.5, 0.6) is 0 Å². The van der Waals surface area contributed by atoms with E-state index in [1.54, 1.807) is 22.9 Å². The highest BCUT2D eigenvalue weighted by molar-refractivity contribution is 7.99. The first-order valence-electron chi connectivity index (χ1n) is 8.43. The largest absolute Gasteiger partial charge is 0.416 e. The van der Waals surface area contributed by atoms with Gasteiger partial charge in [0.15, 0.2) is 11.0 Å². The number of carbonyl (C=O) groups is 1. The van der Waals surface area contributed by atoms with Crippen LogP contribution in [0.1, 0.15) is 12.5 Å². The van der Waals surface area contributed by atoms with Crippen molar-refractivity contribution in [1.82, 2.24) is 19.7 Å². The Morgan fingerprint density at radius 2 is 2.03 bits per heavy atom. The van der Waals surface area contributed by atoms with E-state index in [1.165, 1.54) is 0 Å². The molecule has 0 fully saturated rings. The van der Waals surface area contributed by atoms with Crippen molar-refractivity contribution in [2.75, 3.05) is 11.1 Å². The molecule has 1 amide bonds. The van der Waals surface area contributed by atoms with Crippen molar-refractivity contribution in [3.8, 4) is 11.5 Å². The van der Waals surface area contributed by atoms with Crippen LogP contribution in [0.4, 0.5) is 18.9 Å². The molecule has 6 nitrogen and oxygen atoms in total. The zero-order valence-corrected chi connectivity index (χ0v) is 16.6. The van der Waals surface area contributed by atoms with Crippen LogP contribution in [0.3, 0.4) is 0 Å². The molecule has 0 unspecified atom stereocenters. The van der Waals surface area contributed by atoms with Crippen molar-refractivity contribution >= 4 is 35.0 Å². The molecule has 2 heterocycles. The Labute approximate surface area is 173 Å². The number of hydrogen-bond donors (Lipinski definition) is 1. The van der Waals surface area contributed by atoms with E-state index >= 15 is 0 Å². The molecular formula is C18H15ClF3N5OS. The lowest BCUT2D eigenvalue weighted by atomic mass is 10.2. The third-order valence-corrected chi connectivity index (χ3v) is 5.12. The van der Waals surface area contributed by atoms with Crippen LogP contribution >= 0.6 is 23.4 Å². The molecule has 1 aromatic carbocycles. The van der Waals surface area contributed by atoms with Gasteiger partial charge in [0.1, 0.15) is 5.69 Å². The van der Waals surface area contributed by atoms with Crippen molar-refractivity contribution in [1.29, 1.82) is 0 Å². The molecule has 0 bridgehead atoms. The molecule has 3 aromatic rings. The van der Waals surface area contributed by atoms with Gasteiger partial charge in [-0.3, -0.25) is 9.78 Å². The smallest absolute Gasteiger partial charge is 0.324 e. The number of halogens is 4. The number of hydrogen-bond acceptors (Lipinski definition) is 5. The fourth-order valence-corrected chi connectivity index (χ4v) is 3.45. The maximum Gasteiger partial charge on any atom is 0.416 e. The molecule has 11 heteroatoms. The van der Waals surface area contributed by atoms with E-state index in [0.29, 0.717) is 23.2 Å². The minimum atomic E-state index is -4.53. The minimum Gasteiger partial charge on any atom is -0.324 e. The van der Waals surface area contributed by atoms with Crippen molar-refractivity contribution < 1.29 is 18.0 Å². The summed E-state index contributed by atoms with van der Waals surface area (Å²) in [6.45, 7) is 2.46. The van der Waals surface area contributed by atoms with Crippen molar-refractivity contribution in [3.05, 3.63) is 53.2 Å². The van der Waals surface area contributed by atoms with E-state index in [4.69, 9.17) is 11.6 Å². The number of nitrogens with one attached hydrogen (secondary N) is 1. The molecule has 3 rings (SSSR count). The topological polar surface area (TPSA) is 72.7 Å². The van der Waals surface area contributed by atoms with Crippen molar-refractivity contribution in [3.63, 3.8) is 0 Å². The van der Waals surface area contributed by atoms with Crippen LogP contribution in [0.15, 0.2) is 47.8 Å². The number of aromatic nitrogens is 4. The third kappa shape index (κ3) is 5.07. The van der Waals surface area contributed by atoms with Gasteiger partial charge in [-0.05, 0) is 37.3 Å². The van der Waals surface area contributed by atoms with Gasteiger partial charge < -0.3 is 9.88 Å². The second-order valence-electron chi connectivity index (χ2n) is 5.79. The molecule has 0 saturated carbocycles. The summed E-state index contributed by atoms with van der Waals surface area (Å²) in [6, 6.07) is 8.17. The number of carbonyl (C=O) groups excluding carboxylic acids is 1. The first kappa shape index (κ1) is 21.1. The zero-order valence-electron chi connectivity index (χ0n) is 15.1. The molecule has 2 aromatic heterocycles. The first-order valence-corrected chi connectivity index (χ1v) is 9.80. The van der Waals surface area contributed by atoms with E-state index in [1.807, 2.05) is 13.0 Å². The highest BCUT2D eigenvalue weighted by atomic mass is 35.5. The number of anilines is 1. The van der Waals surface area contributed by atoms with Gasteiger partial charge in [0, 0.05) is 12.7 Å². The number of pyridine rings is 1. The number of thioether (sulfide) groups is 1. The summed E-state index contributed by atoms with van der Waals surface area (Å²) >= 11 is 7.02. The quantitative estimate of drug-likeness (QED) is 0.558. The Kier molecular flexibility index (Phi) is 6.43. The van der Waals surface area contributed by atoms with Crippen LogP contribution in [0.2, 0.25) is 5.02 Å². The van der Waals surface area contributed by atoms with Crippen LogP contribution < -0.4 is 5.32 Å². The van der Waals surface area contributed by atoms with Gasteiger partial charge in [-0.1, -0.05) is 29.4 Å².